The largest absolute Gasteiger partial charge is 0.489 e. The second kappa shape index (κ2) is 13.2. The highest BCUT2D eigenvalue weighted by Gasteiger charge is 2.05. The van der Waals surface area contributed by atoms with Gasteiger partial charge in [0.15, 0.2) is 5.96 Å². The molecule has 0 aliphatic carbocycles. The molecule has 1 unspecified atom stereocenters. The molecule has 0 saturated heterocycles. The zero-order valence-electron chi connectivity index (χ0n) is 15.0. The van der Waals surface area contributed by atoms with Gasteiger partial charge in [0, 0.05) is 13.1 Å². The average molecular weight is 452 g/mol. The summed E-state index contributed by atoms with van der Waals surface area (Å²) in [5, 5.41) is 6.53. The fourth-order valence-corrected chi connectivity index (χ4v) is 1.95. The fourth-order valence-electron chi connectivity index (χ4n) is 1.95. The lowest BCUT2D eigenvalue weighted by Crippen LogP contribution is -2.39. The van der Waals surface area contributed by atoms with Crippen LogP contribution in [0.15, 0.2) is 29.3 Å². The van der Waals surface area contributed by atoms with Crippen LogP contribution < -0.4 is 15.4 Å². The predicted octanol–water partition coefficient (Wildman–Crippen LogP) is 2.72. The van der Waals surface area contributed by atoms with E-state index in [1.165, 1.54) is 12.1 Å². The molecule has 1 aromatic carbocycles. The third kappa shape index (κ3) is 10.6. The fraction of sp³-hybridized carbons (Fsp3) is 0.588. The van der Waals surface area contributed by atoms with Crippen LogP contribution in [-0.4, -0.2) is 57.2 Å². The normalized spacial score (nSPS) is 12.5. The van der Waals surface area contributed by atoms with E-state index in [2.05, 4.69) is 34.6 Å². The number of ether oxygens (including phenoxy) is 1. The number of hydrogen-bond donors (Lipinski definition) is 2. The van der Waals surface area contributed by atoms with Gasteiger partial charge in [-0.3, -0.25) is 0 Å². The van der Waals surface area contributed by atoms with Gasteiger partial charge in [-0.15, -0.1) is 24.0 Å². The molecule has 0 spiro atoms. The molecule has 138 valence electrons. The maximum absolute atomic E-state index is 12.9. The van der Waals surface area contributed by atoms with Gasteiger partial charge in [0.25, 0.3) is 0 Å². The number of nitrogens with one attached hydrogen (secondary N) is 2. The van der Waals surface area contributed by atoms with Crippen molar-refractivity contribution in [3.63, 3.8) is 0 Å². The second-order valence-electron chi connectivity index (χ2n) is 5.69. The summed E-state index contributed by atoms with van der Waals surface area (Å²) in [7, 11) is 4.13. The Bertz CT molecular complexity index is 468. The van der Waals surface area contributed by atoms with E-state index in [9.17, 15) is 4.39 Å². The maximum Gasteiger partial charge on any atom is 0.191 e. The van der Waals surface area contributed by atoms with Crippen molar-refractivity contribution in [3.8, 4) is 5.75 Å². The third-order valence-corrected chi connectivity index (χ3v) is 3.08. The Morgan fingerprint density at radius 1 is 1.25 bits per heavy atom. The van der Waals surface area contributed by atoms with E-state index < -0.39 is 0 Å². The zero-order valence-corrected chi connectivity index (χ0v) is 17.3. The van der Waals surface area contributed by atoms with E-state index in [1.807, 2.05) is 13.8 Å². The van der Waals surface area contributed by atoms with E-state index >= 15 is 0 Å². The summed E-state index contributed by atoms with van der Waals surface area (Å²) in [6.07, 6.45) is 0.969. The standard InChI is InChI=1S/C17H29FN4O.HI/c1-5-19-17(20-11-6-12-22(3)4)21-13-14(2)23-16-9-7-15(18)8-10-16;/h7-10,14H,5-6,11-13H2,1-4H3,(H2,19,20,21);1H. The van der Waals surface area contributed by atoms with Crippen molar-refractivity contribution in [2.75, 3.05) is 40.3 Å². The lowest BCUT2D eigenvalue weighted by molar-refractivity contribution is 0.230. The molecule has 0 amide bonds. The van der Waals surface area contributed by atoms with Crippen molar-refractivity contribution >= 4 is 29.9 Å². The molecule has 0 aliphatic rings. The molecular weight excluding hydrogens is 422 g/mol. The van der Waals surface area contributed by atoms with Gasteiger partial charge in [-0.05, 0) is 65.2 Å². The van der Waals surface area contributed by atoms with Crippen LogP contribution in [0.25, 0.3) is 0 Å². The zero-order chi connectivity index (χ0) is 17.1. The molecule has 1 atom stereocenters. The first-order valence-corrected chi connectivity index (χ1v) is 8.10. The van der Waals surface area contributed by atoms with Crippen LogP contribution >= 0.6 is 24.0 Å². The first kappa shape index (κ1) is 22.9. The molecule has 0 heterocycles. The summed E-state index contributed by atoms with van der Waals surface area (Å²) in [5.41, 5.74) is 0. The van der Waals surface area contributed by atoms with Crippen LogP contribution in [0.4, 0.5) is 4.39 Å². The van der Waals surface area contributed by atoms with Crippen LogP contribution in [0.5, 0.6) is 5.75 Å². The summed E-state index contributed by atoms with van der Waals surface area (Å²) in [6, 6.07) is 6.03. The van der Waals surface area contributed by atoms with Crippen molar-refractivity contribution in [1.29, 1.82) is 0 Å². The van der Waals surface area contributed by atoms with Gasteiger partial charge >= 0.3 is 0 Å². The Hall–Kier alpha value is -1.09. The average Bonchev–Trinajstić information content (AvgIpc) is 2.51. The number of nitrogens with zero attached hydrogens (tertiary/aromatic N) is 2. The summed E-state index contributed by atoms with van der Waals surface area (Å²) in [6.45, 7) is 7.23. The Balaban J connectivity index is 0.00000529. The lowest BCUT2D eigenvalue weighted by Gasteiger charge is -2.16. The van der Waals surface area contributed by atoms with Gasteiger partial charge in [0.1, 0.15) is 17.7 Å². The minimum atomic E-state index is -0.264. The summed E-state index contributed by atoms with van der Waals surface area (Å²) >= 11 is 0. The van der Waals surface area contributed by atoms with E-state index in [0.29, 0.717) is 12.3 Å². The third-order valence-electron chi connectivity index (χ3n) is 3.08. The molecule has 0 radical (unpaired) electrons. The predicted molar refractivity (Wildman–Crippen MR) is 109 cm³/mol. The molecular formula is C17H30FIN4O. The van der Waals surface area contributed by atoms with Crippen molar-refractivity contribution < 1.29 is 9.13 Å². The SMILES string of the molecule is CCNC(=NCC(C)Oc1ccc(F)cc1)NCCCN(C)C.I. The topological polar surface area (TPSA) is 48.9 Å². The monoisotopic (exact) mass is 452 g/mol. The number of rotatable bonds is 9. The number of halogens is 2. The number of benzene rings is 1. The van der Waals surface area contributed by atoms with Gasteiger partial charge in [0.05, 0.1) is 6.54 Å². The van der Waals surface area contributed by atoms with E-state index in [1.54, 1.807) is 12.1 Å². The highest BCUT2D eigenvalue weighted by atomic mass is 127. The minimum Gasteiger partial charge on any atom is -0.489 e. The molecule has 0 bridgehead atoms. The quantitative estimate of drug-likeness (QED) is 0.262. The summed E-state index contributed by atoms with van der Waals surface area (Å²) in [4.78, 5) is 6.68. The van der Waals surface area contributed by atoms with Gasteiger partial charge < -0.3 is 20.3 Å². The molecule has 2 N–H and O–H groups in total. The smallest absolute Gasteiger partial charge is 0.191 e. The van der Waals surface area contributed by atoms with Gasteiger partial charge in [-0.25, -0.2) is 9.38 Å². The first-order chi connectivity index (χ1) is 11.0. The Labute approximate surface area is 162 Å². The molecule has 24 heavy (non-hydrogen) atoms. The number of aliphatic imine (C=N–C) groups is 1. The van der Waals surface area contributed by atoms with Gasteiger partial charge in [-0.2, -0.15) is 0 Å². The Morgan fingerprint density at radius 2 is 1.92 bits per heavy atom. The van der Waals surface area contributed by atoms with Gasteiger partial charge in [-0.1, -0.05) is 0 Å². The van der Waals surface area contributed by atoms with Crippen LogP contribution in [0.3, 0.4) is 0 Å². The molecule has 1 aromatic rings. The van der Waals surface area contributed by atoms with Gasteiger partial charge in [0.2, 0.25) is 0 Å². The van der Waals surface area contributed by atoms with Crippen LogP contribution in [0.2, 0.25) is 0 Å². The van der Waals surface area contributed by atoms with Crippen LogP contribution in [-0.2, 0) is 0 Å². The highest BCUT2D eigenvalue weighted by molar-refractivity contribution is 14.0. The van der Waals surface area contributed by atoms with E-state index in [4.69, 9.17) is 4.74 Å². The Morgan fingerprint density at radius 3 is 2.50 bits per heavy atom. The molecule has 0 saturated carbocycles. The highest BCUT2D eigenvalue weighted by Crippen LogP contribution is 2.12. The number of guanidine groups is 1. The molecule has 7 heteroatoms. The van der Waals surface area contributed by atoms with Crippen LogP contribution in [0, 0.1) is 5.82 Å². The lowest BCUT2D eigenvalue weighted by atomic mass is 10.3. The Kier molecular flexibility index (Phi) is 12.6. The molecule has 0 aromatic heterocycles. The minimum absolute atomic E-state index is 0. The van der Waals surface area contributed by atoms with Crippen molar-refractivity contribution in [1.82, 2.24) is 15.5 Å². The number of hydrogen-bond acceptors (Lipinski definition) is 3. The summed E-state index contributed by atoms with van der Waals surface area (Å²) < 4.78 is 18.6. The molecule has 1 rings (SSSR count). The first-order valence-electron chi connectivity index (χ1n) is 8.10. The van der Waals surface area contributed by atoms with Crippen molar-refractivity contribution in [2.45, 2.75) is 26.4 Å². The van der Waals surface area contributed by atoms with Crippen molar-refractivity contribution in [3.05, 3.63) is 30.1 Å². The maximum atomic E-state index is 12.9. The molecule has 0 fully saturated rings. The van der Waals surface area contributed by atoms with E-state index in [-0.39, 0.29) is 35.9 Å². The summed E-state index contributed by atoms with van der Waals surface area (Å²) in [5.74, 6) is 1.18. The van der Waals surface area contributed by atoms with E-state index in [0.717, 1.165) is 32.0 Å². The molecule has 5 nitrogen and oxygen atoms in total. The van der Waals surface area contributed by atoms with Crippen LogP contribution in [0.1, 0.15) is 20.3 Å². The van der Waals surface area contributed by atoms with Crippen molar-refractivity contribution in [2.24, 2.45) is 4.99 Å². The second-order valence-corrected chi connectivity index (χ2v) is 5.69. The molecule has 0 aliphatic heterocycles.